The minimum Gasteiger partial charge on any atom is -0.351 e. The van der Waals surface area contributed by atoms with E-state index in [1.165, 1.54) is 0 Å². The molecule has 3 atom stereocenters. The number of carbonyl (C=O) groups excluding carboxylic acids is 2. The standard InChI is InChI=1S/C16H24N4O2.ClH/c1-11-10-14(8-9-17-11)19-15(21)12(2)18-16(22)20-13-6-4-3-5-7-13;/h3-7,11-12,14,17H,8-10H2,1-2H3,(H,19,21)(H2,18,20,22);1H. The van der Waals surface area contributed by atoms with Crippen LogP contribution < -0.4 is 21.3 Å². The molecule has 7 heteroatoms. The summed E-state index contributed by atoms with van der Waals surface area (Å²) in [6, 6.07) is 8.75. The van der Waals surface area contributed by atoms with Gasteiger partial charge in [0.1, 0.15) is 6.04 Å². The lowest BCUT2D eigenvalue weighted by molar-refractivity contribution is -0.123. The maximum Gasteiger partial charge on any atom is 0.319 e. The molecule has 3 unspecified atom stereocenters. The lowest BCUT2D eigenvalue weighted by atomic mass is 10.0. The molecule has 0 bridgehead atoms. The number of carbonyl (C=O) groups is 2. The van der Waals surface area contributed by atoms with Gasteiger partial charge < -0.3 is 21.3 Å². The number of halogens is 1. The van der Waals surface area contributed by atoms with Gasteiger partial charge in [0.05, 0.1) is 0 Å². The highest BCUT2D eigenvalue weighted by Crippen LogP contribution is 2.08. The van der Waals surface area contributed by atoms with Crippen molar-refractivity contribution in [2.75, 3.05) is 11.9 Å². The van der Waals surface area contributed by atoms with Crippen LogP contribution >= 0.6 is 12.4 Å². The normalized spacial score (nSPS) is 21.5. The van der Waals surface area contributed by atoms with Crippen molar-refractivity contribution in [3.63, 3.8) is 0 Å². The van der Waals surface area contributed by atoms with E-state index in [0.717, 1.165) is 19.4 Å². The van der Waals surface area contributed by atoms with E-state index >= 15 is 0 Å². The predicted octanol–water partition coefficient (Wildman–Crippen LogP) is 1.88. The average molecular weight is 341 g/mol. The van der Waals surface area contributed by atoms with E-state index in [9.17, 15) is 9.59 Å². The molecular formula is C16H25ClN4O2. The van der Waals surface area contributed by atoms with E-state index in [2.05, 4.69) is 28.2 Å². The number of anilines is 1. The molecule has 1 aromatic rings. The fourth-order valence-electron chi connectivity index (χ4n) is 2.54. The third-order valence-corrected chi connectivity index (χ3v) is 3.74. The maximum atomic E-state index is 12.1. The zero-order valence-electron chi connectivity index (χ0n) is 13.5. The number of piperidine rings is 1. The first-order valence-electron chi connectivity index (χ1n) is 7.71. The van der Waals surface area contributed by atoms with E-state index in [1.54, 1.807) is 19.1 Å². The van der Waals surface area contributed by atoms with E-state index in [0.29, 0.717) is 11.7 Å². The molecule has 1 aliphatic heterocycles. The largest absolute Gasteiger partial charge is 0.351 e. The fourth-order valence-corrected chi connectivity index (χ4v) is 2.54. The highest BCUT2D eigenvalue weighted by atomic mass is 35.5. The molecule has 1 aromatic carbocycles. The molecule has 2 rings (SSSR count). The zero-order valence-corrected chi connectivity index (χ0v) is 14.3. The average Bonchev–Trinajstić information content (AvgIpc) is 2.48. The van der Waals surface area contributed by atoms with Crippen LogP contribution in [0.5, 0.6) is 0 Å². The molecule has 3 amide bonds. The van der Waals surface area contributed by atoms with Crippen LogP contribution in [-0.2, 0) is 4.79 Å². The van der Waals surface area contributed by atoms with Crippen molar-refractivity contribution in [2.24, 2.45) is 0 Å². The molecule has 1 aliphatic rings. The molecule has 0 saturated carbocycles. The van der Waals surface area contributed by atoms with Crippen molar-refractivity contribution in [1.29, 1.82) is 0 Å². The second kappa shape index (κ2) is 9.37. The molecule has 1 saturated heterocycles. The summed E-state index contributed by atoms with van der Waals surface area (Å²) in [7, 11) is 0. The SMILES string of the molecule is CC1CC(NC(=O)C(C)NC(=O)Nc2ccccc2)CCN1.Cl. The van der Waals surface area contributed by atoms with Gasteiger partial charge in [-0.05, 0) is 45.4 Å². The van der Waals surface area contributed by atoms with Gasteiger partial charge in [-0.1, -0.05) is 18.2 Å². The summed E-state index contributed by atoms with van der Waals surface area (Å²) in [6.45, 7) is 4.69. The van der Waals surface area contributed by atoms with Gasteiger partial charge in [-0.2, -0.15) is 0 Å². The van der Waals surface area contributed by atoms with Crippen LogP contribution in [0.4, 0.5) is 10.5 Å². The predicted molar refractivity (Wildman–Crippen MR) is 93.9 cm³/mol. The summed E-state index contributed by atoms with van der Waals surface area (Å²) in [4.78, 5) is 24.0. The number of hydrogen-bond acceptors (Lipinski definition) is 3. The zero-order chi connectivity index (χ0) is 15.9. The van der Waals surface area contributed by atoms with Crippen molar-refractivity contribution in [3.8, 4) is 0 Å². The molecule has 4 N–H and O–H groups in total. The lowest BCUT2D eigenvalue weighted by Gasteiger charge is -2.29. The Balaban J connectivity index is 0.00000264. The van der Waals surface area contributed by atoms with Gasteiger partial charge in [0.2, 0.25) is 5.91 Å². The van der Waals surface area contributed by atoms with E-state index < -0.39 is 6.04 Å². The Hall–Kier alpha value is -1.79. The Labute approximate surface area is 143 Å². The number of nitrogens with one attached hydrogen (secondary N) is 4. The smallest absolute Gasteiger partial charge is 0.319 e. The van der Waals surface area contributed by atoms with Gasteiger partial charge in [-0.25, -0.2) is 4.79 Å². The van der Waals surface area contributed by atoms with Crippen LogP contribution in [0.25, 0.3) is 0 Å². The van der Waals surface area contributed by atoms with Crippen molar-refractivity contribution in [1.82, 2.24) is 16.0 Å². The van der Waals surface area contributed by atoms with Crippen LogP contribution in [0, 0.1) is 0 Å². The Morgan fingerprint density at radius 1 is 1.26 bits per heavy atom. The third-order valence-electron chi connectivity index (χ3n) is 3.74. The summed E-state index contributed by atoms with van der Waals surface area (Å²) in [5.74, 6) is -0.151. The van der Waals surface area contributed by atoms with Crippen molar-refractivity contribution in [3.05, 3.63) is 30.3 Å². The lowest BCUT2D eigenvalue weighted by Crippen LogP contribution is -2.52. The van der Waals surface area contributed by atoms with E-state index in [-0.39, 0.29) is 30.4 Å². The molecule has 0 aromatic heterocycles. The minimum absolute atomic E-state index is 0. The quantitative estimate of drug-likeness (QED) is 0.675. The van der Waals surface area contributed by atoms with Crippen molar-refractivity contribution >= 4 is 30.0 Å². The molecule has 0 radical (unpaired) electrons. The first-order valence-corrected chi connectivity index (χ1v) is 7.71. The van der Waals surface area contributed by atoms with Crippen molar-refractivity contribution in [2.45, 2.75) is 44.8 Å². The van der Waals surface area contributed by atoms with Gasteiger partial charge in [0.15, 0.2) is 0 Å². The number of para-hydroxylation sites is 1. The number of rotatable bonds is 4. The van der Waals surface area contributed by atoms with Gasteiger partial charge in [-0.3, -0.25) is 4.79 Å². The van der Waals surface area contributed by atoms with Crippen LogP contribution in [0.2, 0.25) is 0 Å². The number of amides is 3. The highest BCUT2D eigenvalue weighted by molar-refractivity contribution is 5.93. The number of hydrogen-bond donors (Lipinski definition) is 4. The Morgan fingerprint density at radius 2 is 1.96 bits per heavy atom. The van der Waals surface area contributed by atoms with Crippen LogP contribution in [0.15, 0.2) is 30.3 Å². The first kappa shape index (κ1) is 19.3. The summed E-state index contributed by atoms with van der Waals surface area (Å²) in [6.07, 6.45) is 1.83. The highest BCUT2D eigenvalue weighted by Gasteiger charge is 2.23. The number of benzene rings is 1. The molecule has 0 aliphatic carbocycles. The summed E-state index contributed by atoms with van der Waals surface area (Å²) in [5.41, 5.74) is 0.694. The maximum absolute atomic E-state index is 12.1. The fraction of sp³-hybridized carbons (Fsp3) is 0.500. The summed E-state index contributed by atoms with van der Waals surface area (Å²) < 4.78 is 0. The number of urea groups is 1. The van der Waals surface area contributed by atoms with Gasteiger partial charge in [0.25, 0.3) is 0 Å². The van der Waals surface area contributed by atoms with E-state index in [4.69, 9.17) is 0 Å². The third kappa shape index (κ3) is 6.46. The molecule has 128 valence electrons. The molecule has 1 heterocycles. The summed E-state index contributed by atoms with van der Waals surface area (Å²) >= 11 is 0. The molecular weight excluding hydrogens is 316 g/mol. The first-order chi connectivity index (χ1) is 10.5. The minimum atomic E-state index is -0.575. The van der Waals surface area contributed by atoms with Gasteiger partial charge in [0, 0.05) is 17.8 Å². The Kier molecular flexibility index (Phi) is 7.85. The van der Waals surface area contributed by atoms with Gasteiger partial charge >= 0.3 is 6.03 Å². The second-order valence-electron chi connectivity index (χ2n) is 5.77. The molecule has 0 spiro atoms. The Morgan fingerprint density at radius 3 is 2.61 bits per heavy atom. The summed E-state index contributed by atoms with van der Waals surface area (Å²) in [5, 5.41) is 11.7. The van der Waals surface area contributed by atoms with E-state index in [1.807, 2.05) is 18.2 Å². The van der Waals surface area contributed by atoms with Crippen LogP contribution in [0.3, 0.4) is 0 Å². The Bertz CT molecular complexity index is 512. The van der Waals surface area contributed by atoms with Gasteiger partial charge in [-0.15, -0.1) is 12.4 Å². The second-order valence-corrected chi connectivity index (χ2v) is 5.77. The van der Waals surface area contributed by atoms with Crippen molar-refractivity contribution < 1.29 is 9.59 Å². The molecule has 1 fully saturated rings. The topological polar surface area (TPSA) is 82.3 Å². The molecule has 6 nitrogen and oxygen atoms in total. The van der Waals surface area contributed by atoms with Crippen LogP contribution in [0.1, 0.15) is 26.7 Å². The van der Waals surface area contributed by atoms with Crippen LogP contribution in [-0.4, -0.2) is 36.6 Å². The monoisotopic (exact) mass is 340 g/mol. The molecule has 23 heavy (non-hydrogen) atoms.